The van der Waals surface area contributed by atoms with E-state index in [0.29, 0.717) is 17.3 Å². The van der Waals surface area contributed by atoms with Crippen LogP contribution in [0.5, 0.6) is 0 Å². The van der Waals surface area contributed by atoms with E-state index >= 15 is 0 Å². The Morgan fingerprint density at radius 1 is 1.00 bits per heavy atom. The maximum Gasteiger partial charge on any atom is 0.227 e. The van der Waals surface area contributed by atoms with Crippen molar-refractivity contribution in [1.29, 1.82) is 0 Å². The molecule has 3 rings (SSSR count). The molecule has 3 aromatic rings. The van der Waals surface area contributed by atoms with Crippen LogP contribution in [-0.2, 0) is 0 Å². The van der Waals surface area contributed by atoms with Crippen LogP contribution in [0.1, 0.15) is 16.7 Å². The van der Waals surface area contributed by atoms with Crippen molar-refractivity contribution < 1.29 is 4.42 Å². The maximum absolute atomic E-state index is 5.97. The minimum atomic E-state index is 0.522. The molecular formula is C16H16BrN3O. The van der Waals surface area contributed by atoms with E-state index in [1.54, 1.807) is 0 Å². The summed E-state index contributed by atoms with van der Waals surface area (Å²) >= 11 is 3.57. The van der Waals surface area contributed by atoms with Crippen molar-refractivity contribution in [2.45, 2.75) is 20.8 Å². The van der Waals surface area contributed by atoms with Crippen LogP contribution in [-0.4, -0.2) is 4.98 Å². The highest BCUT2D eigenvalue weighted by Crippen LogP contribution is 2.35. The van der Waals surface area contributed by atoms with Crippen molar-refractivity contribution in [3.63, 3.8) is 0 Å². The Hall–Kier alpha value is -2.01. The van der Waals surface area contributed by atoms with E-state index in [-0.39, 0.29) is 0 Å². The molecular weight excluding hydrogens is 330 g/mol. The Morgan fingerprint density at radius 3 is 2.24 bits per heavy atom. The second kappa shape index (κ2) is 4.77. The number of oxazole rings is 1. The van der Waals surface area contributed by atoms with Crippen LogP contribution in [0.3, 0.4) is 0 Å². The highest BCUT2D eigenvalue weighted by atomic mass is 79.9. The molecule has 0 fully saturated rings. The number of benzene rings is 2. The van der Waals surface area contributed by atoms with Crippen molar-refractivity contribution in [2.24, 2.45) is 0 Å². The van der Waals surface area contributed by atoms with Crippen molar-refractivity contribution in [3.05, 3.63) is 39.4 Å². The lowest BCUT2D eigenvalue weighted by molar-refractivity contribution is 0.617. The first-order valence-corrected chi connectivity index (χ1v) is 7.40. The summed E-state index contributed by atoms with van der Waals surface area (Å²) in [6, 6.07) is 5.69. The predicted molar refractivity (Wildman–Crippen MR) is 90.2 cm³/mol. The van der Waals surface area contributed by atoms with Gasteiger partial charge in [-0.2, -0.15) is 0 Å². The van der Waals surface area contributed by atoms with Crippen molar-refractivity contribution >= 4 is 38.4 Å². The number of nitrogens with zero attached hydrogens (tertiary/aromatic N) is 1. The molecule has 0 atom stereocenters. The van der Waals surface area contributed by atoms with E-state index in [2.05, 4.69) is 27.8 Å². The highest BCUT2D eigenvalue weighted by molar-refractivity contribution is 9.10. The van der Waals surface area contributed by atoms with Crippen LogP contribution in [0.4, 0.5) is 11.4 Å². The van der Waals surface area contributed by atoms with E-state index in [4.69, 9.17) is 15.9 Å². The van der Waals surface area contributed by atoms with E-state index in [0.717, 1.165) is 37.8 Å². The standard InChI is InChI=1S/C16H16BrN3O/c1-7-4-13-15(14(17)8(7)2)21-16(20-13)10-5-11(18)9(3)12(19)6-10/h4-6H,18-19H2,1-3H3. The van der Waals surface area contributed by atoms with Gasteiger partial charge in [-0.1, -0.05) is 0 Å². The van der Waals surface area contributed by atoms with Crippen LogP contribution in [0.2, 0.25) is 0 Å². The van der Waals surface area contributed by atoms with Gasteiger partial charge in [-0.3, -0.25) is 0 Å². The van der Waals surface area contributed by atoms with Crippen LogP contribution in [0.25, 0.3) is 22.6 Å². The molecule has 0 amide bonds. The number of aromatic nitrogens is 1. The molecule has 0 spiro atoms. The fourth-order valence-corrected chi connectivity index (χ4v) is 2.85. The normalized spacial score (nSPS) is 11.2. The molecule has 0 unspecified atom stereocenters. The smallest absolute Gasteiger partial charge is 0.227 e. The third kappa shape index (κ3) is 2.17. The Kier molecular flexibility index (Phi) is 3.17. The van der Waals surface area contributed by atoms with Gasteiger partial charge < -0.3 is 15.9 Å². The number of aryl methyl sites for hydroxylation is 1. The van der Waals surface area contributed by atoms with Gasteiger partial charge in [-0.25, -0.2) is 4.98 Å². The molecule has 0 aliphatic rings. The number of rotatable bonds is 1. The second-order valence-electron chi connectivity index (χ2n) is 5.28. The fourth-order valence-electron chi connectivity index (χ4n) is 2.25. The first-order valence-electron chi connectivity index (χ1n) is 6.60. The number of halogens is 1. The predicted octanol–water partition coefficient (Wildman–Crippen LogP) is 4.35. The summed E-state index contributed by atoms with van der Waals surface area (Å²) in [5.74, 6) is 0.522. The third-order valence-corrected chi connectivity index (χ3v) is 4.82. The molecule has 4 nitrogen and oxygen atoms in total. The molecule has 2 aromatic carbocycles. The zero-order chi connectivity index (χ0) is 15.3. The Labute approximate surface area is 131 Å². The molecule has 108 valence electrons. The van der Waals surface area contributed by atoms with Gasteiger partial charge in [0.2, 0.25) is 5.89 Å². The molecule has 4 N–H and O–H groups in total. The van der Waals surface area contributed by atoms with Gasteiger partial charge in [0, 0.05) is 16.9 Å². The van der Waals surface area contributed by atoms with Gasteiger partial charge in [-0.05, 0) is 71.6 Å². The van der Waals surface area contributed by atoms with E-state index < -0.39 is 0 Å². The summed E-state index contributed by atoms with van der Waals surface area (Å²) in [6.07, 6.45) is 0. The van der Waals surface area contributed by atoms with Crippen LogP contribution >= 0.6 is 15.9 Å². The lowest BCUT2D eigenvalue weighted by atomic mass is 10.1. The molecule has 1 heterocycles. The van der Waals surface area contributed by atoms with Crippen molar-refractivity contribution in [2.75, 3.05) is 11.5 Å². The van der Waals surface area contributed by atoms with Crippen LogP contribution < -0.4 is 11.5 Å². The summed E-state index contributed by atoms with van der Waals surface area (Å²) in [5, 5.41) is 0. The van der Waals surface area contributed by atoms with Gasteiger partial charge in [0.15, 0.2) is 5.58 Å². The number of nitrogens with two attached hydrogens (primary N) is 2. The minimum absolute atomic E-state index is 0.522. The van der Waals surface area contributed by atoms with E-state index in [9.17, 15) is 0 Å². The summed E-state index contributed by atoms with van der Waals surface area (Å²) < 4.78 is 6.84. The number of anilines is 2. The second-order valence-corrected chi connectivity index (χ2v) is 6.07. The van der Waals surface area contributed by atoms with Crippen LogP contribution in [0.15, 0.2) is 27.1 Å². The number of hydrogen-bond acceptors (Lipinski definition) is 4. The van der Waals surface area contributed by atoms with Gasteiger partial charge in [0.1, 0.15) is 5.52 Å². The van der Waals surface area contributed by atoms with E-state index in [1.165, 1.54) is 0 Å². The molecule has 1 aromatic heterocycles. The Bertz CT molecular complexity index is 845. The molecule has 0 bridgehead atoms. The topological polar surface area (TPSA) is 78.1 Å². The summed E-state index contributed by atoms with van der Waals surface area (Å²) in [4.78, 5) is 4.55. The number of fused-ring (bicyclic) bond motifs is 1. The average molecular weight is 346 g/mol. The van der Waals surface area contributed by atoms with Crippen molar-refractivity contribution in [3.8, 4) is 11.5 Å². The Balaban J connectivity index is 2.25. The molecule has 5 heteroatoms. The quantitative estimate of drug-likeness (QED) is 0.642. The zero-order valence-corrected chi connectivity index (χ0v) is 13.7. The van der Waals surface area contributed by atoms with Gasteiger partial charge >= 0.3 is 0 Å². The molecule has 0 aliphatic carbocycles. The Morgan fingerprint density at radius 2 is 1.62 bits per heavy atom. The van der Waals surface area contributed by atoms with Gasteiger partial charge in [-0.15, -0.1) is 0 Å². The SMILES string of the molecule is Cc1cc2nc(-c3cc(N)c(C)c(N)c3)oc2c(Br)c1C. The minimum Gasteiger partial charge on any atom is -0.435 e. The highest BCUT2D eigenvalue weighted by Gasteiger charge is 2.15. The molecule has 0 saturated carbocycles. The monoisotopic (exact) mass is 345 g/mol. The molecule has 0 aliphatic heterocycles. The first-order chi connectivity index (χ1) is 9.88. The lowest BCUT2D eigenvalue weighted by Gasteiger charge is -2.06. The van der Waals surface area contributed by atoms with Crippen molar-refractivity contribution in [1.82, 2.24) is 4.98 Å². The fraction of sp³-hybridized carbons (Fsp3) is 0.188. The first kappa shape index (κ1) is 13.9. The summed E-state index contributed by atoms with van der Waals surface area (Å²) in [5.41, 5.74) is 18.8. The maximum atomic E-state index is 5.97. The number of nitrogen functional groups attached to an aromatic ring is 2. The summed E-state index contributed by atoms with van der Waals surface area (Å²) in [6.45, 7) is 5.99. The lowest BCUT2D eigenvalue weighted by Crippen LogP contribution is -1.96. The molecule has 21 heavy (non-hydrogen) atoms. The number of hydrogen-bond donors (Lipinski definition) is 2. The van der Waals surface area contributed by atoms with Gasteiger partial charge in [0.25, 0.3) is 0 Å². The van der Waals surface area contributed by atoms with E-state index in [1.807, 2.05) is 32.0 Å². The molecule has 0 radical (unpaired) electrons. The summed E-state index contributed by atoms with van der Waals surface area (Å²) in [7, 11) is 0. The zero-order valence-electron chi connectivity index (χ0n) is 12.1. The molecule has 0 saturated heterocycles. The van der Waals surface area contributed by atoms with Gasteiger partial charge in [0.05, 0.1) is 4.47 Å². The third-order valence-electron chi connectivity index (χ3n) is 3.86. The van der Waals surface area contributed by atoms with Crippen LogP contribution in [0, 0.1) is 20.8 Å². The largest absolute Gasteiger partial charge is 0.435 e. The average Bonchev–Trinajstić information content (AvgIpc) is 2.85.